The third kappa shape index (κ3) is 4.58. The summed E-state index contributed by atoms with van der Waals surface area (Å²) in [5.74, 6) is 1.17. The second-order valence-electron chi connectivity index (χ2n) is 6.66. The molecule has 0 saturated carbocycles. The lowest BCUT2D eigenvalue weighted by molar-refractivity contribution is -0.118. The Hall–Kier alpha value is -1.92. The maximum atomic E-state index is 12.2. The molecule has 2 aromatic rings. The van der Waals surface area contributed by atoms with Crippen LogP contribution in [0, 0.1) is 20.8 Å². The number of anilines is 1. The number of nitrogens with zero attached hydrogens (tertiary/aromatic N) is 1. The molecule has 0 bridgehead atoms. The van der Waals surface area contributed by atoms with E-state index in [0.717, 1.165) is 42.8 Å². The molecule has 1 aromatic carbocycles. The number of piperidine rings is 1. The summed E-state index contributed by atoms with van der Waals surface area (Å²) in [5, 5.41) is 6.87. The van der Waals surface area contributed by atoms with Crippen molar-refractivity contribution in [3.05, 3.63) is 39.9 Å². The van der Waals surface area contributed by atoms with Crippen molar-refractivity contribution >= 4 is 22.4 Å². The SMILES string of the molecule is Cc1cc(C)c(OCC(=O)Nc2ncc(C3CCNCC3)s2)c(C)c1. The largest absolute Gasteiger partial charge is 0.483 e. The van der Waals surface area contributed by atoms with Crippen molar-refractivity contribution in [3.63, 3.8) is 0 Å². The Kier molecular flexibility index (Phi) is 5.71. The minimum Gasteiger partial charge on any atom is -0.483 e. The van der Waals surface area contributed by atoms with Gasteiger partial charge in [-0.25, -0.2) is 4.98 Å². The molecule has 25 heavy (non-hydrogen) atoms. The number of hydrogen-bond donors (Lipinski definition) is 2. The van der Waals surface area contributed by atoms with E-state index in [2.05, 4.69) is 34.7 Å². The minimum atomic E-state index is -0.175. The number of rotatable bonds is 5. The molecule has 0 aliphatic carbocycles. The van der Waals surface area contributed by atoms with Crippen LogP contribution in [0.3, 0.4) is 0 Å². The summed E-state index contributed by atoms with van der Waals surface area (Å²) in [4.78, 5) is 17.8. The summed E-state index contributed by atoms with van der Waals surface area (Å²) in [5.41, 5.74) is 3.29. The van der Waals surface area contributed by atoms with Gasteiger partial charge >= 0.3 is 0 Å². The van der Waals surface area contributed by atoms with Crippen LogP contribution >= 0.6 is 11.3 Å². The predicted octanol–water partition coefficient (Wildman–Crippen LogP) is 3.55. The van der Waals surface area contributed by atoms with Crippen molar-refractivity contribution in [2.75, 3.05) is 25.0 Å². The Labute approximate surface area is 152 Å². The van der Waals surface area contributed by atoms with Gasteiger partial charge in [-0.05, 0) is 63.7 Å². The summed E-state index contributed by atoms with van der Waals surface area (Å²) in [6.45, 7) is 8.14. The van der Waals surface area contributed by atoms with E-state index < -0.39 is 0 Å². The maximum absolute atomic E-state index is 12.2. The molecule has 0 radical (unpaired) electrons. The highest BCUT2D eigenvalue weighted by Gasteiger charge is 2.18. The summed E-state index contributed by atoms with van der Waals surface area (Å²) in [6, 6.07) is 4.12. The van der Waals surface area contributed by atoms with E-state index in [1.54, 1.807) is 11.3 Å². The van der Waals surface area contributed by atoms with Crippen LogP contribution in [0.25, 0.3) is 0 Å². The van der Waals surface area contributed by atoms with Gasteiger partial charge in [0.2, 0.25) is 0 Å². The Morgan fingerprint density at radius 1 is 1.28 bits per heavy atom. The Morgan fingerprint density at radius 2 is 1.96 bits per heavy atom. The molecule has 6 heteroatoms. The van der Waals surface area contributed by atoms with Gasteiger partial charge in [0.05, 0.1) is 0 Å². The third-order valence-corrected chi connectivity index (χ3v) is 5.54. The van der Waals surface area contributed by atoms with Gasteiger partial charge in [0.1, 0.15) is 5.75 Å². The predicted molar refractivity (Wildman–Crippen MR) is 102 cm³/mol. The van der Waals surface area contributed by atoms with Crippen molar-refractivity contribution in [3.8, 4) is 5.75 Å². The molecule has 2 heterocycles. The van der Waals surface area contributed by atoms with Crippen molar-refractivity contribution in [2.24, 2.45) is 0 Å². The first-order valence-electron chi connectivity index (χ1n) is 8.70. The van der Waals surface area contributed by atoms with Crippen LogP contribution in [-0.4, -0.2) is 30.6 Å². The molecule has 0 atom stereocenters. The first-order chi connectivity index (χ1) is 12.0. The van der Waals surface area contributed by atoms with Crippen LogP contribution in [0.1, 0.15) is 40.3 Å². The van der Waals surface area contributed by atoms with E-state index in [9.17, 15) is 4.79 Å². The molecule has 2 N–H and O–H groups in total. The quantitative estimate of drug-likeness (QED) is 0.857. The first kappa shape index (κ1) is 17.9. The highest BCUT2D eigenvalue weighted by atomic mass is 32.1. The third-order valence-electron chi connectivity index (χ3n) is 4.46. The van der Waals surface area contributed by atoms with Crippen LogP contribution in [-0.2, 0) is 4.79 Å². The zero-order chi connectivity index (χ0) is 17.8. The number of carbonyl (C=O) groups is 1. The van der Waals surface area contributed by atoms with Crippen LogP contribution in [0.4, 0.5) is 5.13 Å². The summed E-state index contributed by atoms with van der Waals surface area (Å²) in [7, 11) is 0. The van der Waals surface area contributed by atoms with Gasteiger partial charge in [-0.2, -0.15) is 0 Å². The lowest BCUT2D eigenvalue weighted by atomic mass is 9.97. The lowest BCUT2D eigenvalue weighted by Crippen LogP contribution is -2.26. The van der Waals surface area contributed by atoms with Gasteiger partial charge in [-0.3, -0.25) is 10.1 Å². The highest BCUT2D eigenvalue weighted by Crippen LogP contribution is 2.31. The first-order valence-corrected chi connectivity index (χ1v) is 9.51. The van der Waals surface area contributed by atoms with Crippen molar-refractivity contribution in [2.45, 2.75) is 39.5 Å². The number of amides is 1. The molecule has 0 spiro atoms. The zero-order valence-corrected chi connectivity index (χ0v) is 15.8. The molecule has 134 valence electrons. The normalized spacial score (nSPS) is 15.2. The summed E-state index contributed by atoms with van der Waals surface area (Å²) in [6.07, 6.45) is 4.15. The number of benzene rings is 1. The van der Waals surface area contributed by atoms with E-state index in [1.165, 1.54) is 10.4 Å². The van der Waals surface area contributed by atoms with Gasteiger partial charge in [-0.1, -0.05) is 17.7 Å². The number of ether oxygens (including phenoxy) is 1. The standard InChI is InChI=1S/C19H25N3O2S/c1-12-8-13(2)18(14(3)9-12)24-11-17(23)22-19-21-10-16(25-19)15-4-6-20-7-5-15/h8-10,15,20H,4-7,11H2,1-3H3,(H,21,22,23). The molecule has 5 nitrogen and oxygen atoms in total. The fourth-order valence-electron chi connectivity index (χ4n) is 3.33. The molecular weight excluding hydrogens is 334 g/mol. The molecule has 3 rings (SSSR count). The monoisotopic (exact) mass is 359 g/mol. The second-order valence-corrected chi connectivity index (χ2v) is 7.72. The van der Waals surface area contributed by atoms with E-state index in [-0.39, 0.29) is 12.5 Å². The van der Waals surface area contributed by atoms with E-state index >= 15 is 0 Å². The van der Waals surface area contributed by atoms with Crippen molar-refractivity contribution < 1.29 is 9.53 Å². The maximum Gasteiger partial charge on any atom is 0.264 e. The van der Waals surface area contributed by atoms with Crippen LogP contribution in [0.5, 0.6) is 5.75 Å². The Bertz CT molecular complexity index is 728. The fraction of sp³-hybridized carbons (Fsp3) is 0.474. The zero-order valence-electron chi connectivity index (χ0n) is 15.0. The van der Waals surface area contributed by atoms with E-state index in [1.807, 2.05) is 20.0 Å². The fourth-order valence-corrected chi connectivity index (χ4v) is 4.33. The van der Waals surface area contributed by atoms with Crippen molar-refractivity contribution in [1.82, 2.24) is 10.3 Å². The van der Waals surface area contributed by atoms with Crippen LogP contribution < -0.4 is 15.4 Å². The average Bonchev–Trinajstić information content (AvgIpc) is 3.03. The number of carbonyl (C=O) groups excluding carboxylic acids is 1. The molecule has 1 fully saturated rings. The lowest BCUT2D eigenvalue weighted by Gasteiger charge is -2.20. The minimum absolute atomic E-state index is 0.00694. The molecule has 1 aromatic heterocycles. The van der Waals surface area contributed by atoms with Gasteiger partial charge in [0.15, 0.2) is 11.7 Å². The number of aryl methyl sites for hydroxylation is 3. The number of nitrogens with one attached hydrogen (secondary N) is 2. The summed E-state index contributed by atoms with van der Waals surface area (Å²) >= 11 is 1.57. The van der Waals surface area contributed by atoms with Crippen LogP contribution in [0.15, 0.2) is 18.3 Å². The van der Waals surface area contributed by atoms with E-state index in [4.69, 9.17) is 4.74 Å². The second kappa shape index (κ2) is 7.97. The van der Waals surface area contributed by atoms with E-state index in [0.29, 0.717) is 11.0 Å². The topological polar surface area (TPSA) is 63.2 Å². The average molecular weight is 359 g/mol. The molecule has 1 aliphatic heterocycles. The molecule has 1 amide bonds. The Balaban J connectivity index is 1.55. The molecule has 0 unspecified atom stereocenters. The van der Waals surface area contributed by atoms with Crippen molar-refractivity contribution in [1.29, 1.82) is 0 Å². The molecule has 1 saturated heterocycles. The number of thiazole rings is 1. The number of hydrogen-bond acceptors (Lipinski definition) is 5. The summed E-state index contributed by atoms with van der Waals surface area (Å²) < 4.78 is 5.74. The Morgan fingerprint density at radius 3 is 2.64 bits per heavy atom. The van der Waals surface area contributed by atoms with Gasteiger partial charge in [0.25, 0.3) is 5.91 Å². The van der Waals surface area contributed by atoms with Gasteiger partial charge in [-0.15, -0.1) is 11.3 Å². The smallest absolute Gasteiger partial charge is 0.264 e. The highest BCUT2D eigenvalue weighted by molar-refractivity contribution is 7.15. The van der Waals surface area contributed by atoms with Gasteiger partial charge < -0.3 is 10.1 Å². The molecular formula is C19H25N3O2S. The van der Waals surface area contributed by atoms with Crippen LogP contribution in [0.2, 0.25) is 0 Å². The number of aromatic nitrogens is 1. The molecule has 1 aliphatic rings. The van der Waals surface area contributed by atoms with Gasteiger partial charge in [0, 0.05) is 11.1 Å².